The van der Waals surface area contributed by atoms with Crippen LogP contribution >= 0.6 is 23.2 Å². The van der Waals surface area contributed by atoms with Gasteiger partial charge in [-0.1, -0.05) is 41.4 Å². The minimum atomic E-state index is -1.14. The van der Waals surface area contributed by atoms with Gasteiger partial charge in [-0.3, -0.25) is 0 Å². The number of aromatic nitrogens is 3. The molecule has 33 heavy (non-hydrogen) atoms. The Kier molecular flexibility index (Phi) is 5.46. The number of fused-ring (bicyclic) bond motifs is 1. The van der Waals surface area contributed by atoms with Crippen molar-refractivity contribution in [3.8, 4) is 34.0 Å². The molecule has 0 aliphatic carbocycles. The molecular weight excluding hydrogens is 461 g/mol. The van der Waals surface area contributed by atoms with Gasteiger partial charge in [0.25, 0.3) is 0 Å². The molecule has 0 spiro atoms. The van der Waals surface area contributed by atoms with Crippen LogP contribution in [0.3, 0.4) is 0 Å². The molecule has 0 saturated heterocycles. The van der Waals surface area contributed by atoms with Gasteiger partial charge in [-0.25, -0.2) is 14.3 Å². The third-order valence-corrected chi connectivity index (χ3v) is 5.37. The molecule has 0 atom stereocenters. The second-order valence-corrected chi connectivity index (χ2v) is 8.10. The smallest absolute Gasteiger partial charge is 0.356 e. The molecule has 5 aromatic rings. The standard InChI is InChI=1S/C25H15Cl2N3O3/c26-17-10-16(11-18(27)12-17)23-13-21(28-24-14-22(25(31)32)29-30(23)24)15-6-8-20(9-7-15)33-19-4-2-1-3-5-19/h1-14H,(H,31,32). The van der Waals surface area contributed by atoms with Gasteiger partial charge in [0, 0.05) is 27.2 Å². The van der Waals surface area contributed by atoms with E-state index in [0.29, 0.717) is 38.4 Å². The summed E-state index contributed by atoms with van der Waals surface area (Å²) >= 11 is 12.4. The molecule has 0 radical (unpaired) electrons. The number of hydrogen-bond acceptors (Lipinski definition) is 4. The molecule has 3 aromatic carbocycles. The summed E-state index contributed by atoms with van der Waals surface area (Å²) in [7, 11) is 0. The van der Waals surface area contributed by atoms with Gasteiger partial charge >= 0.3 is 5.97 Å². The lowest BCUT2D eigenvalue weighted by Crippen LogP contribution is -2.01. The van der Waals surface area contributed by atoms with E-state index in [2.05, 4.69) is 10.1 Å². The number of carboxylic acid groups (broad SMARTS) is 1. The Hall–Kier alpha value is -3.87. The van der Waals surface area contributed by atoms with Crippen LogP contribution in [0.2, 0.25) is 10.0 Å². The van der Waals surface area contributed by atoms with Crippen molar-refractivity contribution in [3.63, 3.8) is 0 Å². The van der Waals surface area contributed by atoms with Crippen molar-refractivity contribution >= 4 is 34.8 Å². The number of hydrogen-bond donors (Lipinski definition) is 1. The maximum atomic E-state index is 11.5. The highest BCUT2D eigenvalue weighted by Gasteiger charge is 2.16. The molecule has 0 amide bonds. The molecule has 162 valence electrons. The van der Waals surface area contributed by atoms with E-state index >= 15 is 0 Å². The predicted molar refractivity (Wildman–Crippen MR) is 127 cm³/mol. The number of aromatic carboxylic acids is 1. The summed E-state index contributed by atoms with van der Waals surface area (Å²) in [5.74, 6) is 0.287. The fourth-order valence-corrected chi connectivity index (χ4v) is 3.98. The molecule has 0 aliphatic rings. The monoisotopic (exact) mass is 475 g/mol. The van der Waals surface area contributed by atoms with E-state index in [-0.39, 0.29) is 5.69 Å². The van der Waals surface area contributed by atoms with Crippen LogP contribution in [-0.4, -0.2) is 25.7 Å². The first-order valence-corrected chi connectivity index (χ1v) is 10.7. The first-order valence-electron chi connectivity index (χ1n) is 9.90. The average molecular weight is 476 g/mol. The first kappa shape index (κ1) is 21.0. The number of ether oxygens (including phenoxy) is 1. The summed E-state index contributed by atoms with van der Waals surface area (Å²) < 4.78 is 7.33. The van der Waals surface area contributed by atoms with Crippen molar-refractivity contribution in [3.05, 3.63) is 101 Å². The van der Waals surface area contributed by atoms with Crippen LogP contribution in [0.15, 0.2) is 84.9 Å². The first-order chi connectivity index (χ1) is 16.0. The Morgan fingerprint density at radius 2 is 1.48 bits per heavy atom. The lowest BCUT2D eigenvalue weighted by atomic mass is 10.1. The van der Waals surface area contributed by atoms with E-state index in [9.17, 15) is 9.90 Å². The second-order valence-electron chi connectivity index (χ2n) is 7.23. The maximum absolute atomic E-state index is 11.5. The Morgan fingerprint density at radius 3 is 2.15 bits per heavy atom. The molecule has 0 aliphatic heterocycles. The fraction of sp³-hybridized carbons (Fsp3) is 0. The summed E-state index contributed by atoms with van der Waals surface area (Å²) in [5.41, 5.74) is 3.03. The summed E-state index contributed by atoms with van der Waals surface area (Å²) in [6.07, 6.45) is 0. The molecule has 2 heterocycles. The SMILES string of the molecule is O=C(O)c1cc2nc(-c3ccc(Oc4ccccc4)cc3)cc(-c3cc(Cl)cc(Cl)c3)n2n1. The Morgan fingerprint density at radius 1 is 0.818 bits per heavy atom. The van der Waals surface area contributed by atoms with E-state index in [1.54, 1.807) is 18.2 Å². The zero-order valence-electron chi connectivity index (χ0n) is 16.9. The number of carboxylic acids is 1. The van der Waals surface area contributed by atoms with Gasteiger partial charge in [0.15, 0.2) is 11.3 Å². The minimum absolute atomic E-state index is 0.111. The minimum Gasteiger partial charge on any atom is -0.476 e. The molecule has 0 fully saturated rings. The predicted octanol–water partition coefficient (Wildman–Crippen LogP) is 6.86. The number of para-hydroxylation sites is 1. The third-order valence-electron chi connectivity index (χ3n) is 4.93. The van der Waals surface area contributed by atoms with Gasteiger partial charge in [-0.05, 0) is 60.7 Å². The van der Waals surface area contributed by atoms with Crippen LogP contribution in [0, 0.1) is 0 Å². The highest BCUT2D eigenvalue weighted by Crippen LogP contribution is 2.31. The summed E-state index contributed by atoms with van der Waals surface area (Å²) in [6, 6.07) is 25.3. The van der Waals surface area contributed by atoms with E-state index < -0.39 is 5.97 Å². The average Bonchev–Trinajstić information content (AvgIpc) is 3.24. The quantitative estimate of drug-likeness (QED) is 0.300. The van der Waals surface area contributed by atoms with Crippen molar-refractivity contribution in [1.82, 2.24) is 14.6 Å². The van der Waals surface area contributed by atoms with Gasteiger partial charge in [0.1, 0.15) is 11.5 Å². The number of carbonyl (C=O) groups is 1. The van der Waals surface area contributed by atoms with Gasteiger partial charge in [-0.2, -0.15) is 5.10 Å². The molecule has 5 rings (SSSR count). The molecule has 2 aromatic heterocycles. The zero-order chi connectivity index (χ0) is 22.9. The third kappa shape index (κ3) is 4.39. The van der Waals surface area contributed by atoms with E-state index in [4.69, 9.17) is 27.9 Å². The van der Waals surface area contributed by atoms with Crippen LogP contribution < -0.4 is 4.74 Å². The highest BCUT2D eigenvalue weighted by molar-refractivity contribution is 6.35. The maximum Gasteiger partial charge on any atom is 0.356 e. The molecule has 0 unspecified atom stereocenters. The Bertz CT molecular complexity index is 1460. The lowest BCUT2D eigenvalue weighted by molar-refractivity contribution is 0.0690. The van der Waals surface area contributed by atoms with Crippen molar-refractivity contribution < 1.29 is 14.6 Å². The molecule has 0 bridgehead atoms. The van der Waals surface area contributed by atoms with Crippen LogP contribution in [0.4, 0.5) is 0 Å². The molecular formula is C25H15Cl2N3O3. The zero-order valence-corrected chi connectivity index (χ0v) is 18.5. The molecule has 0 saturated carbocycles. The number of halogens is 2. The van der Waals surface area contributed by atoms with Crippen molar-refractivity contribution in [2.75, 3.05) is 0 Å². The van der Waals surface area contributed by atoms with Crippen LogP contribution in [-0.2, 0) is 0 Å². The van der Waals surface area contributed by atoms with E-state index in [0.717, 1.165) is 11.3 Å². The van der Waals surface area contributed by atoms with Gasteiger partial charge in [0.05, 0.1) is 11.4 Å². The van der Waals surface area contributed by atoms with Crippen LogP contribution in [0.25, 0.3) is 28.2 Å². The summed E-state index contributed by atoms with van der Waals surface area (Å²) in [5, 5.41) is 14.5. The van der Waals surface area contributed by atoms with Crippen molar-refractivity contribution in [2.24, 2.45) is 0 Å². The van der Waals surface area contributed by atoms with Gasteiger partial charge in [0.2, 0.25) is 0 Å². The molecule has 8 heteroatoms. The summed E-state index contributed by atoms with van der Waals surface area (Å²) in [6.45, 7) is 0. The normalized spacial score (nSPS) is 11.0. The van der Waals surface area contributed by atoms with E-state index in [1.165, 1.54) is 10.6 Å². The Balaban J connectivity index is 1.60. The highest BCUT2D eigenvalue weighted by atomic mass is 35.5. The van der Waals surface area contributed by atoms with Crippen LogP contribution in [0.1, 0.15) is 10.5 Å². The topological polar surface area (TPSA) is 76.7 Å². The Labute approximate surface area is 198 Å². The second kappa shape index (κ2) is 8.58. The molecule has 6 nitrogen and oxygen atoms in total. The molecule has 1 N–H and O–H groups in total. The van der Waals surface area contributed by atoms with Crippen molar-refractivity contribution in [1.29, 1.82) is 0 Å². The number of nitrogens with zero attached hydrogens (tertiary/aromatic N) is 3. The fourth-order valence-electron chi connectivity index (χ4n) is 3.45. The number of benzene rings is 3. The van der Waals surface area contributed by atoms with Crippen molar-refractivity contribution in [2.45, 2.75) is 0 Å². The van der Waals surface area contributed by atoms with E-state index in [1.807, 2.05) is 60.7 Å². The van der Waals surface area contributed by atoms with Gasteiger partial charge in [-0.15, -0.1) is 0 Å². The van der Waals surface area contributed by atoms with Gasteiger partial charge < -0.3 is 9.84 Å². The summed E-state index contributed by atoms with van der Waals surface area (Å²) in [4.78, 5) is 16.1. The van der Waals surface area contributed by atoms with Crippen LogP contribution in [0.5, 0.6) is 11.5 Å². The lowest BCUT2D eigenvalue weighted by Gasteiger charge is -2.10. The number of rotatable bonds is 5. The largest absolute Gasteiger partial charge is 0.476 e.